The number of hydrogen-bond donors (Lipinski definition) is 1. The molecule has 1 fully saturated rings. The number of carbonyl (C=O) groups excluding carboxylic acids is 3. The Morgan fingerprint density at radius 3 is 2.57 bits per heavy atom. The van der Waals surface area contributed by atoms with Crippen molar-refractivity contribution in [2.24, 2.45) is 0 Å². The molecule has 2 aromatic rings. The first-order chi connectivity index (χ1) is 13.6. The molecule has 1 aliphatic heterocycles. The molecule has 2 aromatic carbocycles. The number of esters is 1. The molecule has 7 heteroatoms. The van der Waals surface area contributed by atoms with E-state index in [-0.39, 0.29) is 30.2 Å². The molecule has 0 radical (unpaired) electrons. The van der Waals surface area contributed by atoms with Gasteiger partial charge in [0.2, 0.25) is 12.0 Å². The number of nitrogens with one attached hydrogen (secondary N) is 1. The molecule has 1 saturated carbocycles. The third-order valence-electron chi connectivity index (χ3n) is 4.61. The number of hydrogen-bond acceptors (Lipinski definition) is 5. The zero-order chi connectivity index (χ0) is 19.5. The molecule has 0 unspecified atom stereocenters. The fourth-order valence-corrected chi connectivity index (χ4v) is 3.97. The number of rotatable bonds is 6. The molecule has 28 heavy (non-hydrogen) atoms. The normalized spacial score (nSPS) is 16.9. The van der Waals surface area contributed by atoms with E-state index in [1.165, 1.54) is 16.7 Å². The molecule has 0 spiro atoms. The van der Waals surface area contributed by atoms with Crippen LogP contribution in [0.1, 0.15) is 24.5 Å². The van der Waals surface area contributed by atoms with Crippen molar-refractivity contribution in [2.45, 2.75) is 29.9 Å². The number of thioether (sulfide) groups is 1. The Balaban J connectivity index is 1.50. The van der Waals surface area contributed by atoms with Crippen LogP contribution in [0.25, 0.3) is 0 Å². The van der Waals surface area contributed by atoms with E-state index in [1.807, 2.05) is 24.3 Å². The SMILES string of the molecule is O=C(CN1C(=O)CSc2ccccc21)O[C@H](C(=O)NC1CC1)c1ccccc1. The maximum atomic E-state index is 12.7. The smallest absolute Gasteiger partial charge is 0.327 e. The Bertz CT molecular complexity index is 898. The minimum atomic E-state index is -1.03. The van der Waals surface area contributed by atoms with Gasteiger partial charge < -0.3 is 10.1 Å². The van der Waals surface area contributed by atoms with E-state index >= 15 is 0 Å². The first kappa shape index (κ1) is 18.6. The van der Waals surface area contributed by atoms with Crippen LogP contribution in [0, 0.1) is 0 Å². The summed E-state index contributed by atoms with van der Waals surface area (Å²) in [6, 6.07) is 16.5. The Kier molecular flexibility index (Phi) is 5.34. The fraction of sp³-hybridized carbons (Fsp3) is 0.286. The molecular weight excluding hydrogens is 376 g/mol. The van der Waals surface area contributed by atoms with Crippen molar-refractivity contribution in [3.8, 4) is 0 Å². The second-order valence-corrected chi connectivity index (χ2v) is 7.82. The van der Waals surface area contributed by atoms with Gasteiger partial charge in [-0.15, -0.1) is 11.8 Å². The number of amides is 2. The van der Waals surface area contributed by atoms with Crippen LogP contribution < -0.4 is 10.2 Å². The molecule has 0 aromatic heterocycles. The van der Waals surface area contributed by atoms with Gasteiger partial charge in [-0.05, 0) is 25.0 Å². The van der Waals surface area contributed by atoms with Crippen LogP contribution in [0.4, 0.5) is 5.69 Å². The predicted molar refractivity (Wildman–Crippen MR) is 106 cm³/mol. The summed E-state index contributed by atoms with van der Waals surface area (Å²) in [5.41, 5.74) is 1.30. The van der Waals surface area contributed by atoms with Gasteiger partial charge in [0.25, 0.3) is 5.91 Å². The highest BCUT2D eigenvalue weighted by Crippen LogP contribution is 2.35. The molecule has 1 atom stereocenters. The third-order valence-corrected chi connectivity index (χ3v) is 5.66. The predicted octanol–water partition coefficient (Wildman–Crippen LogP) is 2.69. The number of carbonyl (C=O) groups is 3. The van der Waals surface area contributed by atoms with Gasteiger partial charge in [-0.1, -0.05) is 42.5 Å². The van der Waals surface area contributed by atoms with Crippen molar-refractivity contribution < 1.29 is 19.1 Å². The molecule has 0 bridgehead atoms. The van der Waals surface area contributed by atoms with Gasteiger partial charge in [-0.2, -0.15) is 0 Å². The third kappa shape index (κ3) is 4.20. The van der Waals surface area contributed by atoms with Crippen molar-refractivity contribution in [3.05, 3.63) is 60.2 Å². The van der Waals surface area contributed by atoms with Gasteiger partial charge in [0.05, 0.1) is 11.4 Å². The topological polar surface area (TPSA) is 75.7 Å². The van der Waals surface area contributed by atoms with E-state index in [9.17, 15) is 14.4 Å². The van der Waals surface area contributed by atoms with Crippen LogP contribution >= 0.6 is 11.8 Å². The van der Waals surface area contributed by atoms with Crippen LogP contribution in [0.5, 0.6) is 0 Å². The average Bonchev–Trinajstić information content (AvgIpc) is 3.53. The molecular formula is C21H20N2O4S. The number of para-hydroxylation sites is 1. The summed E-state index contributed by atoms with van der Waals surface area (Å²) in [4.78, 5) is 40.0. The Morgan fingerprint density at radius 2 is 1.82 bits per heavy atom. The average molecular weight is 396 g/mol. The summed E-state index contributed by atoms with van der Waals surface area (Å²) in [5, 5.41) is 2.89. The van der Waals surface area contributed by atoms with Crippen LogP contribution in [-0.2, 0) is 19.1 Å². The number of benzene rings is 2. The number of nitrogens with zero attached hydrogens (tertiary/aromatic N) is 1. The van der Waals surface area contributed by atoms with Gasteiger partial charge in [0.1, 0.15) is 6.54 Å². The lowest BCUT2D eigenvalue weighted by molar-refractivity contribution is -0.155. The molecule has 1 heterocycles. The van der Waals surface area contributed by atoms with Gasteiger partial charge in [0, 0.05) is 16.5 Å². The van der Waals surface area contributed by atoms with E-state index in [0.29, 0.717) is 11.3 Å². The molecule has 0 saturated heterocycles. The van der Waals surface area contributed by atoms with E-state index in [4.69, 9.17) is 4.74 Å². The molecule has 1 N–H and O–H groups in total. The summed E-state index contributed by atoms with van der Waals surface area (Å²) in [6.07, 6.45) is 0.856. The van der Waals surface area contributed by atoms with E-state index in [1.54, 1.807) is 30.3 Å². The standard InChI is InChI=1S/C21H20N2O4S/c24-18-13-28-17-9-5-4-8-16(17)23(18)12-19(25)27-20(14-6-2-1-3-7-14)21(26)22-15-10-11-15/h1-9,15,20H,10-13H2,(H,22,26)/t20-/m0/s1. The van der Waals surface area contributed by atoms with E-state index in [0.717, 1.165) is 17.7 Å². The van der Waals surface area contributed by atoms with Gasteiger partial charge in [-0.25, -0.2) is 0 Å². The number of ether oxygens (including phenoxy) is 1. The van der Waals surface area contributed by atoms with Crippen molar-refractivity contribution in [1.29, 1.82) is 0 Å². The van der Waals surface area contributed by atoms with Gasteiger partial charge in [-0.3, -0.25) is 19.3 Å². The highest BCUT2D eigenvalue weighted by molar-refractivity contribution is 8.00. The second kappa shape index (κ2) is 8.06. The zero-order valence-corrected chi connectivity index (χ0v) is 16.0. The fourth-order valence-electron chi connectivity index (χ4n) is 3.03. The Hall–Kier alpha value is -2.80. The lowest BCUT2D eigenvalue weighted by atomic mass is 10.1. The monoisotopic (exact) mass is 396 g/mol. The summed E-state index contributed by atoms with van der Waals surface area (Å²) < 4.78 is 5.54. The van der Waals surface area contributed by atoms with Crippen molar-refractivity contribution >= 4 is 35.2 Å². The highest BCUT2D eigenvalue weighted by atomic mass is 32.2. The van der Waals surface area contributed by atoms with Crippen molar-refractivity contribution in [3.63, 3.8) is 0 Å². The van der Waals surface area contributed by atoms with Gasteiger partial charge in [0.15, 0.2) is 0 Å². The first-order valence-corrected chi connectivity index (χ1v) is 10.2. The zero-order valence-electron chi connectivity index (χ0n) is 15.2. The number of fused-ring (bicyclic) bond motifs is 1. The quantitative estimate of drug-likeness (QED) is 0.760. The molecule has 6 nitrogen and oxygen atoms in total. The van der Waals surface area contributed by atoms with Crippen LogP contribution in [0.15, 0.2) is 59.5 Å². The minimum absolute atomic E-state index is 0.153. The molecule has 4 rings (SSSR count). The lowest BCUT2D eigenvalue weighted by Crippen LogP contribution is -2.41. The maximum Gasteiger partial charge on any atom is 0.327 e. The maximum absolute atomic E-state index is 12.7. The first-order valence-electron chi connectivity index (χ1n) is 9.19. The minimum Gasteiger partial charge on any atom is -0.446 e. The van der Waals surface area contributed by atoms with Crippen LogP contribution in [0.2, 0.25) is 0 Å². The summed E-state index contributed by atoms with van der Waals surface area (Å²) >= 11 is 1.45. The van der Waals surface area contributed by atoms with E-state index in [2.05, 4.69) is 5.32 Å². The Morgan fingerprint density at radius 1 is 1.11 bits per heavy atom. The van der Waals surface area contributed by atoms with Gasteiger partial charge >= 0.3 is 5.97 Å². The van der Waals surface area contributed by atoms with Crippen molar-refractivity contribution in [1.82, 2.24) is 5.32 Å². The Labute approximate surface area is 167 Å². The molecule has 144 valence electrons. The lowest BCUT2D eigenvalue weighted by Gasteiger charge is -2.28. The summed E-state index contributed by atoms with van der Waals surface area (Å²) in [5.74, 6) is -0.827. The van der Waals surface area contributed by atoms with Crippen LogP contribution in [0.3, 0.4) is 0 Å². The second-order valence-electron chi connectivity index (χ2n) is 6.80. The summed E-state index contributed by atoms with van der Waals surface area (Å²) in [6.45, 7) is -0.226. The van der Waals surface area contributed by atoms with Crippen LogP contribution in [-0.4, -0.2) is 36.1 Å². The summed E-state index contributed by atoms with van der Waals surface area (Å²) in [7, 11) is 0. The largest absolute Gasteiger partial charge is 0.446 e. The van der Waals surface area contributed by atoms with E-state index < -0.39 is 12.1 Å². The molecule has 2 aliphatic rings. The van der Waals surface area contributed by atoms with Crippen molar-refractivity contribution in [2.75, 3.05) is 17.2 Å². The molecule has 2 amide bonds. The number of anilines is 1. The molecule has 1 aliphatic carbocycles. The highest BCUT2D eigenvalue weighted by Gasteiger charge is 2.32.